The van der Waals surface area contributed by atoms with Gasteiger partial charge in [-0.3, -0.25) is 4.79 Å². The molecule has 0 saturated heterocycles. The van der Waals surface area contributed by atoms with Crippen LogP contribution in [0.25, 0.3) is 0 Å². The van der Waals surface area contributed by atoms with Gasteiger partial charge in [0, 0.05) is 6.42 Å². The van der Waals surface area contributed by atoms with E-state index in [0.717, 1.165) is 38.5 Å². The number of unbranched alkanes of at least 4 members (excludes halogenated alkanes) is 11. The zero-order chi connectivity index (χ0) is 24.0. The summed E-state index contributed by atoms with van der Waals surface area (Å²) in [7, 11) is 0. The fourth-order valence-corrected chi connectivity index (χ4v) is 3.93. The molecular weight excluding hydrogens is 416 g/mol. The van der Waals surface area contributed by atoms with E-state index in [9.17, 15) is 35.4 Å². The molecule has 0 aromatic rings. The molecule has 0 aromatic carbocycles. The lowest BCUT2D eigenvalue weighted by atomic mass is 9.82. The molecule has 8 heteroatoms. The Balaban J connectivity index is 2.10. The molecule has 0 spiro atoms. The van der Waals surface area contributed by atoms with Crippen LogP contribution in [0.1, 0.15) is 96.8 Å². The van der Waals surface area contributed by atoms with E-state index in [2.05, 4.69) is 19.1 Å². The van der Waals surface area contributed by atoms with Crippen molar-refractivity contribution in [3.63, 3.8) is 0 Å². The van der Waals surface area contributed by atoms with Gasteiger partial charge in [0.2, 0.25) is 0 Å². The lowest BCUT2D eigenvalue weighted by Gasteiger charge is -2.46. The summed E-state index contributed by atoms with van der Waals surface area (Å²) in [6.07, 6.45) is 8.87. The second kappa shape index (κ2) is 15.7. The minimum atomic E-state index is -2.88. The maximum absolute atomic E-state index is 12.0. The number of esters is 1. The molecule has 0 bridgehead atoms. The van der Waals surface area contributed by atoms with Gasteiger partial charge < -0.3 is 35.4 Å². The van der Waals surface area contributed by atoms with Gasteiger partial charge in [0.1, 0.15) is 18.3 Å². The average molecular weight is 461 g/mol. The van der Waals surface area contributed by atoms with Crippen LogP contribution in [0, 0.1) is 0 Å². The first-order chi connectivity index (χ1) is 15.3. The van der Waals surface area contributed by atoms with Gasteiger partial charge in [0.05, 0.1) is 0 Å². The Hall–Kier alpha value is -1.03. The van der Waals surface area contributed by atoms with Gasteiger partial charge in [-0.05, 0) is 32.1 Å². The Morgan fingerprint density at radius 3 is 1.66 bits per heavy atom. The van der Waals surface area contributed by atoms with Gasteiger partial charge in [-0.1, -0.05) is 70.4 Å². The molecule has 1 aliphatic rings. The third kappa shape index (κ3) is 9.45. The van der Waals surface area contributed by atoms with E-state index in [0.29, 0.717) is 6.42 Å². The van der Waals surface area contributed by atoms with Gasteiger partial charge >= 0.3 is 5.97 Å². The number of hydrogen-bond donors (Lipinski definition) is 6. The summed E-state index contributed by atoms with van der Waals surface area (Å²) < 4.78 is 4.79. The molecule has 32 heavy (non-hydrogen) atoms. The fourth-order valence-electron chi connectivity index (χ4n) is 3.93. The molecule has 0 heterocycles. The largest absolute Gasteiger partial charge is 0.427 e. The smallest absolute Gasteiger partial charge is 0.308 e. The van der Waals surface area contributed by atoms with Crippen LogP contribution in [-0.4, -0.2) is 72.9 Å². The SMILES string of the molecule is CCCCCCCC/C=C\CCCCCCCC(=O)O[C@]1(O)[C@H](O)[C@H](O)[C@@H](O)[C@H](O)[C@H]1O. The molecule has 0 amide bonds. The lowest BCUT2D eigenvalue weighted by Crippen LogP contribution is -2.72. The summed E-state index contributed by atoms with van der Waals surface area (Å²) in [6.45, 7) is 2.23. The zero-order valence-corrected chi connectivity index (χ0v) is 19.4. The normalized spacial score (nSPS) is 30.7. The predicted molar refractivity (Wildman–Crippen MR) is 121 cm³/mol. The van der Waals surface area contributed by atoms with E-state index in [1.54, 1.807) is 0 Å². The van der Waals surface area contributed by atoms with E-state index in [1.807, 2.05) is 0 Å². The minimum Gasteiger partial charge on any atom is -0.427 e. The molecular formula is C24H44O8. The van der Waals surface area contributed by atoms with Crippen molar-refractivity contribution in [2.75, 3.05) is 0 Å². The number of carbonyl (C=O) groups is 1. The van der Waals surface area contributed by atoms with Crippen molar-refractivity contribution in [1.29, 1.82) is 0 Å². The molecule has 1 rings (SSSR count). The standard InChI is InChI=1S/C24H44O8/c1-2-3-4-5-6-7-8-9-10-11-12-13-14-15-16-17-18(25)32-24(31)22(29)20(27)19(26)21(28)23(24)30/h9-10,19-23,26-31H,2-8,11-17H2,1H3/b10-9-/t19-,20-,21+,22-,23-,24-/m1/s1. The van der Waals surface area contributed by atoms with Crippen molar-refractivity contribution >= 4 is 5.97 Å². The van der Waals surface area contributed by atoms with Crippen molar-refractivity contribution in [2.45, 2.75) is 133 Å². The first-order valence-electron chi connectivity index (χ1n) is 12.2. The highest BCUT2D eigenvalue weighted by Gasteiger charge is 2.60. The third-order valence-corrected chi connectivity index (χ3v) is 6.11. The highest BCUT2D eigenvalue weighted by atomic mass is 16.7. The Labute approximate surface area is 191 Å². The zero-order valence-electron chi connectivity index (χ0n) is 19.4. The van der Waals surface area contributed by atoms with E-state index in [-0.39, 0.29) is 6.42 Å². The molecule has 1 fully saturated rings. The Kier molecular flexibility index (Phi) is 14.3. The summed E-state index contributed by atoms with van der Waals surface area (Å²) in [4.78, 5) is 12.0. The highest BCUT2D eigenvalue weighted by molar-refractivity contribution is 5.69. The third-order valence-electron chi connectivity index (χ3n) is 6.11. The molecule has 0 aliphatic heterocycles. The second-order valence-electron chi connectivity index (χ2n) is 8.92. The average Bonchev–Trinajstić information content (AvgIpc) is 2.78. The van der Waals surface area contributed by atoms with Crippen LogP contribution in [0.5, 0.6) is 0 Å². The van der Waals surface area contributed by atoms with Crippen molar-refractivity contribution in [3.05, 3.63) is 12.2 Å². The predicted octanol–water partition coefficient (Wildman–Crippen LogP) is 2.07. The topological polar surface area (TPSA) is 148 Å². The molecule has 6 N–H and O–H groups in total. The first-order valence-corrected chi connectivity index (χ1v) is 12.2. The molecule has 1 aliphatic carbocycles. The minimum absolute atomic E-state index is 0.0331. The maximum atomic E-state index is 12.0. The van der Waals surface area contributed by atoms with Crippen LogP contribution in [-0.2, 0) is 9.53 Å². The number of aliphatic hydroxyl groups is 6. The quantitative estimate of drug-likeness (QED) is 0.0888. The van der Waals surface area contributed by atoms with Crippen LogP contribution in [0.15, 0.2) is 12.2 Å². The molecule has 8 nitrogen and oxygen atoms in total. The molecule has 0 aromatic heterocycles. The van der Waals surface area contributed by atoms with Crippen molar-refractivity contribution in [1.82, 2.24) is 0 Å². The Morgan fingerprint density at radius 2 is 1.16 bits per heavy atom. The van der Waals surface area contributed by atoms with Gasteiger partial charge in [0.25, 0.3) is 5.79 Å². The Morgan fingerprint density at radius 1 is 0.719 bits per heavy atom. The van der Waals surface area contributed by atoms with E-state index in [1.165, 1.54) is 38.5 Å². The number of rotatable bonds is 16. The number of hydrogen-bond acceptors (Lipinski definition) is 8. The molecule has 6 atom stereocenters. The summed E-state index contributed by atoms with van der Waals surface area (Å²) >= 11 is 0. The van der Waals surface area contributed by atoms with Gasteiger partial charge in [-0.25, -0.2) is 0 Å². The van der Waals surface area contributed by atoms with Gasteiger partial charge in [-0.15, -0.1) is 0 Å². The lowest BCUT2D eigenvalue weighted by molar-refractivity contribution is -0.347. The fraction of sp³-hybridized carbons (Fsp3) is 0.875. The monoisotopic (exact) mass is 460 g/mol. The van der Waals surface area contributed by atoms with Crippen LogP contribution in [0.4, 0.5) is 0 Å². The van der Waals surface area contributed by atoms with Crippen LogP contribution in [0.3, 0.4) is 0 Å². The van der Waals surface area contributed by atoms with E-state index >= 15 is 0 Å². The van der Waals surface area contributed by atoms with E-state index < -0.39 is 42.3 Å². The van der Waals surface area contributed by atoms with Crippen molar-refractivity contribution in [2.24, 2.45) is 0 Å². The van der Waals surface area contributed by atoms with Crippen molar-refractivity contribution < 1.29 is 40.2 Å². The maximum Gasteiger partial charge on any atom is 0.308 e. The summed E-state index contributed by atoms with van der Waals surface area (Å²) in [6, 6.07) is 0. The van der Waals surface area contributed by atoms with Gasteiger partial charge in [0.15, 0.2) is 12.2 Å². The van der Waals surface area contributed by atoms with E-state index in [4.69, 9.17) is 4.74 Å². The Bertz CT molecular complexity index is 522. The molecule has 188 valence electrons. The number of carbonyl (C=O) groups excluding carboxylic acids is 1. The second-order valence-corrected chi connectivity index (χ2v) is 8.92. The molecule has 0 radical (unpaired) electrons. The summed E-state index contributed by atoms with van der Waals surface area (Å²) in [5, 5.41) is 58.9. The molecule has 1 saturated carbocycles. The summed E-state index contributed by atoms with van der Waals surface area (Å²) in [5.74, 6) is -3.74. The molecule has 0 unspecified atom stereocenters. The number of allylic oxidation sites excluding steroid dienone is 2. The van der Waals surface area contributed by atoms with Crippen LogP contribution in [0.2, 0.25) is 0 Å². The first kappa shape index (κ1) is 29.0. The highest BCUT2D eigenvalue weighted by Crippen LogP contribution is 2.32. The van der Waals surface area contributed by atoms with Crippen molar-refractivity contribution in [3.8, 4) is 0 Å². The summed E-state index contributed by atoms with van der Waals surface area (Å²) in [5.41, 5.74) is 0. The van der Waals surface area contributed by atoms with Crippen LogP contribution >= 0.6 is 0 Å². The number of ether oxygens (including phenoxy) is 1. The van der Waals surface area contributed by atoms with Gasteiger partial charge in [-0.2, -0.15) is 0 Å². The number of aliphatic hydroxyl groups excluding tert-OH is 5. The van der Waals surface area contributed by atoms with Crippen LogP contribution < -0.4 is 0 Å².